The molecule has 180 valence electrons. The molecule has 1 N–H and O–H groups in total. The second-order valence-electron chi connectivity index (χ2n) is 8.72. The number of nitrogens with one attached hydrogen (secondary N) is 1. The average Bonchev–Trinajstić information content (AvgIpc) is 2.85. The van der Waals surface area contributed by atoms with Crippen LogP contribution in [-0.2, 0) is 7.05 Å². The van der Waals surface area contributed by atoms with E-state index in [2.05, 4.69) is 5.32 Å². The summed E-state index contributed by atoms with van der Waals surface area (Å²) >= 11 is 6.03. The van der Waals surface area contributed by atoms with Gasteiger partial charge in [0.2, 0.25) is 0 Å². The Hall–Kier alpha value is -4.36. The van der Waals surface area contributed by atoms with Crippen LogP contribution in [0.4, 0.5) is 11.4 Å². The van der Waals surface area contributed by atoms with Gasteiger partial charge in [-0.1, -0.05) is 47.0 Å². The number of rotatable bonds is 4. The third-order valence-electron chi connectivity index (χ3n) is 6.13. The van der Waals surface area contributed by atoms with Crippen molar-refractivity contribution >= 4 is 34.0 Å². The fraction of sp³-hybridized carbons (Fsp3) is 0.107. The Morgan fingerprint density at radius 2 is 1.25 bits per heavy atom. The minimum absolute atomic E-state index is 0.196. The normalized spacial score (nSPS) is 11.1. The molecular formula is C28H23ClN4O3. The smallest absolute Gasteiger partial charge is 0.341 e. The zero-order valence-electron chi connectivity index (χ0n) is 19.9. The van der Waals surface area contributed by atoms with Crippen LogP contribution in [0.2, 0.25) is 5.02 Å². The molecule has 0 aliphatic carbocycles. The number of nitrogens with zero attached hydrogens (tertiary/aromatic N) is 3. The van der Waals surface area contributed by atoms with E-state index >= 15 is 0 Å². The molecule has 0 amide bonds. The van der Waals surface area contributed by atoms with Gasteiger partial charge in [0.05, 0.1) is 17.1 Å². The third kappa shape index (κ3) is 4.03. The highest BCUT2D eigenvalue weighted by Gasteiger charge is 2.21. The van der Waals surface area contributed by atoms with E-state index in [1.54, 1.807) is 55.6 Å². The zero-order chi connectivity index (χ0) is 25.6. The van der Waals surface area contributed by atoms with Gasteiger partial charge in [0.1, 0.15) is 11.0 Å². The van der Waals surface area contributed by atoms with Crippen LogP contribution in [0.25, 0.3) is 22.4 Å². The Kier molecular flexibility index (Phi) is 5.86. The number of halogens is 1. The number of aryl methyl sites for hydroxylation is 3. The minimum atomic E-state index is -0.571. The lowest BCUT2D eigenvalue weighted by Crippen LogP contribution is -2.40. The number of pyridine rings is 1. The lowest BCUT2D eigenvalue weighted by molar-refractivity contribution is 0.783. The number of fused-ring (bicyclic) bond motifs is 1. The van der Waals surface area contributed by atoms with Crippen LogP contribution >= 0.6 is 11.6 Å². The van der Waals surface area contributed by atoms with Crippen molar-refractivity contribution < 1.29 is 0 Å². The lowest BCUT2D eigenvalue weighted by Gasteiger charge is -2.19. The molecule has 0 spiro atoms. The molecular weight excluding hydrogens is 476 g/mol. The first-order chi connectivity index (χ1) is 17.2. The van der Waals surface area contributed by atoms with Gasteiger partial charge in [0, 0.05) is 23.8 Å². The molecule has 5 rings (SSSR count). The van der Waals surface area contributed by atoms with Crippen molar-refractivity contribution in [3.05, 3.63) is 126 Å². The molecule has 2 aromatic heterocycles. The Balaban J connectivity index is 1.94. The quantitative estimate of drug-likeness (QED) is 0.384. The molecule has 3 aromatic carbocycles. The number of anilines is 2. The fourth-order valence-electron chi connectivity index (χ4n) is 4.18. The summed E-state index contributed by atoms with van der Waals surface area (Å²) in [5.74, 6) is 0. The van der Waals surface area contributed by atoms with Crippen LogP contribution in [0, 0.1) is 13.8 Å². The molecule has 36 heavy (non-hydrogen) atoms. The standard InChI is InChI=1S/C28H23ClN4O3/c1-17-4-12-21(13-5-17)32-26-25(27(35)33(28(32)36)22-14-6-18(2)7-15-22)23(16-24(34)31(26)3)30-20-10-8-19(29)9-11-20/h4-16,30H,1-3H3. The predicted octanol–water partition coefficient (Wildman–Crippen LogP) is 4.85. The predicted molar refractivity (Wildman–Crippen MR) is 145 cm³/mol. The average molecular weight is 499 g/mol. The van der Waals surface area contributed by atoms with E-state index in [4.69, 9.17) is 11.6 Å². The molecule has 0 saturated heterocycles. The Morgan fingerprint density at radius 1 is 0.722 bits per heavy atom. The van der Waals surface area contributed by atoms with E-state index in [0.29, 0.717) is 27.8 Å². The number of hydrogen-bond donors (Lipinski definition) is 1. The van der Waals surface area contributed by atoms with Crippen molar-refractivity contribution in [2.75, 3.05) is 5.32 Å². The maximum absolute atomic E-state index is 14.0. The minimum Gasteiger partial charge on any atom is -0.355 e. The summed E-state index contributed by atoms with van der Waals surface area (Å²) in [6, 6.07) is 22.8. The highest BCUT2D eigenvalue weighted by atomic mass is 35.5. The molecule has 0 aliphatic rings. The number of hydrogen-bond acceptors (Lipinski definition) is 4. The Labute approximate surface area is 211 Å². The van der Waals surface area contributed by atoms with Crippen molar-refractivity contribution in [1.29, 1.82) is 0 Å². The molecule has 0 atom stereocenters. The highest BCUT2D eigenvalue weighted by Crippen LogP contribution is 2.25. The van der Waals surface area contributed by atoms with Gasteiger partial charge in [-0.05, 0) is 62.4 Å². The summed E-state index contributed by atoms with van der Waals surface area (Å²) in [6.45, 7) is 3.88. The van der Waals surface area contributed by atoms with E-state index in [-0.39, 0.29) is 16.6 Å². The van der Waals surface area contributed by atoms with Gasteiger partial charge in [-0.2, -0.15) is 0 Å². The summed E-state index contributed by atoms with van der Waals surface area (Å²) < 4.78 is 3.87. The molecule has 0 radical (unpaired) electrons. The topological polar surface area (TPSA) is 78.0 Å². The first kappa shape index (κ1) is 23.4. The second kappa shape index (κ2) is 9.02. The van der Waals surface area contributed by atoms with Crippen molar-refractivity contribution in [3.63, 3.8) is 0 Å². The van der Waals surface area contributed by atoms with Gasteiger partial charge in [0.25, 0.3) is 11.1 Å². The van der Waals surface area contributed by atoms with Crippen LogP contribution in [0.3, 0.4) is 0 Å². The van der Waals surface area contributed by atoms with Gasteiger partial charge in [0.15, 0.2) is 0 Å². The summed E-state index contributed by atoms with van der Waals surface area (Å²) in [7, 11) is 1.55. The SMILES string of the molecule is Cc1ccc(-n2c(=O)c3c(Nc4ccc(Cl)cc4)cc(=O)n(C)c3n(-c3ccc(C)cc3)c2=O)cc1. The molecule has 0 saturated carbocycles. The van der Waals surface area contributed by atoms with Gasteiger partial charge in [-0.3, -0.25) is 14.2 Å². The van der Waals surface area contributed by atoms with Crippen LogP contribution in [0.5, 0.6) is 0 Å². The molecule has 2 heterocycles. The van der Waals surface area contributed by atoms with E-state index in [1.807, 2.05) is 38.1 Å². The maximum atomic E-state index is 14.0. The van der Waals surface area contributed by atoms with E-state index in [1.165, 1.54) is 15.2 Å². The zero-order valence-corrected chi connectivity index (χ0v) is 20.7. The largest absolute Gasteiger partial charge is 0.355 e. The third-order valence-corrected chi connectivity index (χ3v) is 6.38. The first-order valence-corrected chi connectivity index (χ1v) is 11.7. The van der Waals surface area contributed by atoms with E-state index in [0.717, 1.165) is 15.7 Å². The van der Waals surface area contributed by atoms with Crippen LogP contribution in [0.15, 0.2) is 93.2 Å². The molecule has 0 fully saturated rings. The maximum Gasteiger partial charge on any atom is 0.341 e. The van der Waals surface area contributed by atoms with E-state index in [9.17, 15) is 14.4 Å². The molecule has 0 bridgehead atoms. The Morgan fingerprint density at radius 3 is 1.81 bits per heavy atom. The second-order valence-corrected chi connectivity index (χ2v) is 9.15. The van der Waals surface area contributed by atoms with Gasteiger partial charge in [-0.25, -0.2) is 13.9 Å². The summed E-state index contributed by atoms with van der Waals surface area (Å²) in [5.41, 5.74) is 2.65. The summed E-state index contributed by atoms with van der Waals surface area (Å²) in [4.78, 5) is 40.9. The molecule has 7 nitrogen and oxygen atoms in total. The number of aromatic nitrogens is 3. The molecule has 8 heteroatoms. The molecule has 0 aliphatic heterocycles. The summed E-state index contributed by atoms with van der Waals surface area (Å²) in [5, 5.41) is 3.94. The van der Waals surface area contributed by atoms with Gasteiger partial charge in [-0.15, -0.1) is 0 Å². The molecule has 5 aromatic rings. The summed E-state index contributed by atoms with van der Waals surface area (Å²) in [6.07, 6.45) is 0. The lowest BCUT2D eigenvalue weighted by atomic mass is 10.2. The van der Waals surface area contributed by atoms with Gasteiger partial charge >= 0.3 is 5.69 Å². The Bertz CT molecular complexity index is 1780. The van der Waals surface area contributed by atoms with Crippen LogP contribution in [0.1, 0.15) is 11.1 Å². The highest BCUT2D eigenvalue weighted by molar-refractivity contribution is 6.30. The fourth-order valence-corrected chi connectivity index (χ4v) is 4.31. The first-order valence-electron chi connectivity index (χ1n) is 11.3. The van der Waals surface area contributed by atoms with Gasteiger partial charge < -0.3 is 5.32 Å². The number of benzene rings is 3. The van der Waals surface area contributed by atoms with Crippen molar-refractivity contribution in [1.82, 2.24) is 13.7 Å². The molecule has 0 unspecified atom stereocenters. The van der Waals surface area contributed by atoms with Crippen LogP contribution < -0.4 is 22.1 Å². The van der Waals surface area contributed by atoms with Crippen molar-refractivity contribution in [2.45, 2.75) is 13.8 Å². The van der Waals surface area contributed by atoms with E-state index < -0.39 is 11.2 Å². The monoisotopic (exact) mass is 498 g/mol. The van der Waals surface area contributed by atoms with Crippen molar-refractivity contribution in [2.24, 2.45) is 7.05 Å². The van der Waals surface area contributed by atoms with Crippen molar-refractivity contribution in [3.8, 4) is 11.4 Å². The van der Waals surface area contributed by atoms with Crippen LogP contribution in [-0.4, -0.2) is 13.7 Å².